The summed E-state index contributed by atoms with van der Waals surface area (Å²) in [6, 6.07) is 8.84. The standard InChI is InChI=1S/C19H26/c1-7-17(12-9-15(3)4)19(6,8-2)18-13-10-16(5)11-14-18/h7,9-14H,1,8H2,2-6H3/b17-12+. The first kappa shape index (κ1) is 15.5. The highest BCUT2D eigenvalue weighted by atomic mass is 14.3. The van der Waals surface area contributed by atoms with Crippen molar-refractivity contribution in [3.63, 3.8) is 0 Å². The van der Waals surface area contributed by atoms with Crippen LogP contribution in [0.5, 0.6) is 0 Å². The number of hydrogen-bond acceptors (Lipinski definition) is 0. The quantitative estimate of drug-likeness (QED) is 0.588. The SMILES string of the molecule is C=C/C(=C\C=C(C)C)C(C)(CC)c1ccc(C)cc1. The van der Waals surface area contributed by atoms with Gasteiger partial charge in [0.15, 0.2) is 0 Å². The monoisotopic (exact) mass is 254 g/mol. The van der Waals surface area contributed by atoms with Gasteiger partial charge in [-0.3, -0.25) is 0 Å². The van der Waals surface area contributed by atoms with Crippen molar-refractivity contribution < 1.29 is 0 Å². The zero-order chi connectivity index (χ0) is 14.5. The third-order valence-corrected chi connectivity index (χ3v) is 3.85. The Labute approximate surface area is 118 Å². The lowest BCUT2D eigenvalue weighted by Gasteiger charge is -2.30. The molecule has 0 radical (unpaired) electrons. The minimum atomic E-state index is 0.0292. The highest BCUT2D eigenvalue weighted by Gasteiger charge is 2.27. The maximum absolute atomic E-state index is 4.00. The van der Waals surface area contributed by atoms with E-state index in [1.54, 1.807) is 0 Å². The summed E-state index contributed by atoms with van der Waals surface area (Å²) in [5.41, 5.74) is 5.27. The van der Waals surface area contributed by atoms with Gasteiger partial charge in [-0.2, -0.15) is 0 Å². The van der Waals surface area contributed by atoms with E-state index in [0.717, 1.165) is 6.42 Å². The zero-order valence-corrected chi connectivity index (χ0v) is 13.0. The van der Waals surface area contributed by atoms with Gasteiger partial charge in [0.2, 0.25) is 0 Å². The van der Waals surface area contributed by atoms with E-state index in [4.69, 9.17) is 0 Å². The molecule has 0 aliphatic heterocycles. The van der Waals surface area contributed by atoms with E-state index in [1.165, 1.54) is 22.3 Å². The summed E-state index contributed by atoms with van der Waals surface area (Å²) in [7, 11) is 0. The molecule has 0 spiro atoms. The average Bonchev–Trinajstić information content (AvgIpc) is 2.39. The molecule has 1 rings (SSSR count). The Morgan fingerprint density at radius 3 is 2.16 bits per heavy atom. The van der Waals surface area contributed by atoms with Crippen LogP contribution in [0.1, 0.15) is 45.2 Å². The average molecular weight is 254 g/mol. The van der Waals surface area contributed by atoms with Crippen molar-refractivity contribution in [2.45, 2.75) is 46.5 Å². The Hall–Kier alpha value is -1.56. The smallest absolute Gasteiger partial charge is 0.0171 e. The van der Waals surface area contributed by atoms with Gasteiger partial charge in [-0.05, 0) is 38.3 Å². The molecule has 0 aliphatic rings. The Balaban J connectivity index is 3.28. The molecule has 0 nitrogen and oxygen atoms in total. The summed E-state index contributed by atoms with van der Waals surface area (Å²) < 4.78 is 0. The van der Waals surface area contributed by atoms with Crippen LogP contribution in [0.2, 0.25) is 0 Å². The van der Waals surface area contributed by atoms with Crippen molar-refractivity contribution in [3.8, 4) is 0 Å². The molecular weight excluding hydrogens is 228 g/mol. The lowest BCUT2D eigenvalue weighted by molar-refractivity contribution is 0.548. The van der Waals surface area contributed by atoms with E-state index in [1.807, 2.05) is 6.08 Å². The van der Waals surface area contributed by atoms with E-state index in [0.29, 0.717) is 0 Å². The van der Waals surface area contributed by atoms with Crippen LogP contribution in [0.25, 0.3) is 0 Å². The fourth-order valence-corrected chi connectivity index (χ4v) is 2.23. The summed E-state index contributed by atoms with van der Waals surface area (Å²) in [5, 5.41) is 0. The molecule has 0 N–H and O–H groups in total. The van der Waals surface area contributed by atoms with Crippen LogP contribution in [0, 0.1) is 6.92 Å². The van der Waals surface area contributed by atoms with Crippen molar-refractivity contribution in [1.29, 1.82) is 0 Å². The molecule has 0 aliphatic carbocycles. The minimum absolute atomic E-state index is 0.0292. The lowest BCUT2D eigenvalue weighted by Crippen LogP contribution is -2.22. The van der Waals surface area contributed by atoms with E-state index >= 15 is 0 Å². The molecule has 1 unspecified atom stereocenters. The first-order chi connectivity index (χ1) is 8.93. The van der Waals surface area contributed by atoms with Crippen molar-refractivity contribution in [2.75, 3.05) is 0 Å². The second-order valence-electron chi connectivity index (χ2n) is 5.62. The Bertz CT molecular complexity index is 481. The molecule has 0 bridgehead atoms. The van der Waals surface area contributed by atoms with Crippen LogP contribution >= 0.6 is 0 Å². The second-order valence-corrected chi connectivity index (χ2v) is 5.62. The van der Waals surface area contributed by atoms with E-state index < -0.39 is 0 Å². The van der Waals surface area contributed by atoms with Gasteiger partial charge in [-0.1, -0.05) is 74.1 Å². The van der Waals surface area contributed by atoms with Crippen LogP contribution in [-0.4, -0.2) is 0 Å². The number of aryl methyl sites for hydroxylation is 1. The number of rotatable bonds is 5. The molecule has 0 saturated heterocycles. The Morgan fingerprint density at radius 2 is 1.74 bits per heavy atom. The maximum Gasteiger partial charge on any atom is 0.0171 e. The number of benzene rings is 1. The molecule has 0 saturated carbocycles. The lowest BCUT2D eigenvalue weighted by atomic mass is 9.73. The number of hydrogen-bond donors (Lipinski definition) is 0. The fraction of sp³-hybridized carbons (Fsp3) is 0.368. The van der Waals surface area contributed by atoms with Crippen molar-refractivity contribution in [2.24, 2.45) is 0 Å². The van der Waals surface area contributed by atoms with Gasteiger partial charge in [0.05, 0.1) is 0 Å². The molecule has 1 aromatic carbocycles. The zero-order valence-electron chi connectivity index (χ0n) is 13.0. The van der Waals surface area contributed by atoms with Crippen LogP contribution < -0.4 is 0 Å². The Kier molecular flexibility index (Phi) is 5.35. The van der Waals surface area contributed by atoms with Crippen molar-refractivity contribution in [1.82, 2.24) is 0 Å². The van der Waals surface area contributed by atoms with Crippen LogP contribution in [0.15, 0.2) is 60.2 Å². The van der Waals surface area contributed by atoms with Gasteiger partial charge in [0.1, 0.15) is 0 Å². The van der Waals surface area contributed by atoms with Crippen LogP contribution in [0.4, 0.5) is 0 Å². The summed E-state index contributed by atoms with van der Waals surface area (Å²) in [4.78, 5) is 0. The third-order valence-electron chi connectivity index (χ3n) is 3.85. The normalized spacial score (nSPS) is 14.7. The van der Waals surface area contributed by atoms with Gasteiger partial charge < -0.3 is 0 Å². The molecule has 0 heteroatoms. The molecule has 0 aromatic heterocycles. The molecule has 0 amide bonds. The highest BCUT2D eigenvalue weighted by Crippen LogP contribution is 2.36. The molecular formula is C19H26. The van der Waals surface area contributed by atoms with E-state index in [2.05, 4.69) is 77.6 Å². The van der Waals surface area contributed by atoms with Crippen LogP contribution in [-0.2, 0) is 5.41 Å². The number of allylic oxidation sites excluding steroid dienone is 5. The van der Waals surface area contributed by atoms with Gasteiger partial charge in [-0.25, -0.2) is 0 Å². The minimum Gasteiger partial charge on any atom is -0.0988 e. The Morgan fingerprint density at radius 1 is 1.16 bits per heavy atom. The maximum atomic E-state index is 4.00. The molecule has 1 aromatic rings. The predicted molar refractivity (Wildman–Crippen MR) is 86.5 cm³/mol. The molecule has 0 heterocycles. The van der Waals surface area contributed by atoms with Crippen molar-refractivity contribution in [3.05, 3.63) is 71.3 Å². The van der Waals surface area contributed by atoms with Crippen LogP contribution in [0.3, 0.4) is 0 Å². The van der Waals surface area contributed by atoms with Gasteiger partial charge in [0.25, 0.3) is 0 Å². The van der Waals surface area contributed by atoms with E-state index in [-0.39, 0.29) is 5.41 Å². The van der Waals surface area contributed by atoms with Gasteiger partial charge >= 0.3 is 0 Å². The first-order valence-electron chi connectivity index (χ1n) is 6.99. The molecule has 19 heavy (non-hydrogen) atoms. The van der Waals surface area contributed by atoms with Gasteiger partial charge in [0, 0.05) is 5.41 Å². The summed E-state index contributed by atoms with van der Waals surface area (Å²) in [6.45, 7) is 14.9. The van der Waals surface area contributed by atoms with Crippen molar-refractivity contribution >= 4 is 0 Å². The fourth-order valence-electron chi connectivity index (χ4n) is 2.23. The van der Waals surface area contributed by atoms with E-state index in [9.17, 15) is 0 Å². The first-order valence-corrected chi connectivity index (χ1v) is 6.99. The molecule has 102 valence electrons. The third kappa shape index (κ3) is 3.70. The summed E-state index contributed by atoms with van der Waals surface area (Å²) in [6.07, 6.45) is 7.41. The molecule has 0 fully saturated rings. The highest BCUT2D eigenvalue weighted by molar-refractivity contribution is 5.42. The molecule has 1 atom stereocenters. The van der Waals surface area contributed by atoms with Gasteiger partial charge in [-0.15, -0.1) is 0 Å². The summed E-state index contributed by atoms with van der Waals surface area (Å²) >= 11 is 0. The topological polar surface area (TPSA) is 0 Å². The predicted octanol–water partition coefficient (Wildman–Crippen LogP) is 5.74. The summed E-state index contributed by atoms with van der Waals surface area (Å²) in [5.74, 6) is 0. The second kappa shape index (κ2) is 6.56. The largest absolute Gasteiger partial charge is 0.0988 e.